The van der Waals surface area contributed by atoms with E-state index in [4.69, 9.17) is 18.9 Å². The monoisotopic (exact) mass is 963 g/mol. The molecule has 0 fully saturated rings. The second-order valence-electron chi connectivity index (χ2n) is 18.1. The summed E-state index contributed by atoms with van der Waals surface area (Å²) >= 11 is 0. The van der Waals surface area contributed by atoms with Crippen LogP contribution in [0, 0.1) is 30.6 Å². The number of aliphatic hydroxyl groups is 3. The number of fused-ring (bicyclic) bond motifs is 14. The predicted octanol–water partition coefficient (Wildman–Crippen LogP) is 6.18. The molecule has 70 heavy (non-hydrogen) atoms. The molecule has 0 aliphatic carbocycles. The van der Waals surface area contributed by atoms with Crippen molar-refractivity contribution in [2.24, 2.45) is 28.8 Å². The Morgan fingerprint density at radius 3 is 2.06 bits per heavy atom. The van der Waals surface area contributed by atoms with E-state index in [1.807, 2.05) is 0 Å². The lowest BCUT2D eigenvalue weighted by Gasteiger charge is -2.38. The lowest BCUT2D eigenvalue weighted by Crippen LogP contribution is -2.46. The minimum atomic E-state index is -2.16. The van der Waals surface area contributed by atoms with Crippen molar-refractivity contribution in [2.75, 3.05) is 19.0 Å². The molecule has 17 nitrogen and oxygen atoms in total. The summed E-state index contributed by atoms with van der Waals surface area (Å²) in [6.45, 7) is 11.5. The number of aliphatic hydroxyl groups excluding tert-OH is 3. The first-order valence-corrected chi connectivity index (χ1v) is 22.8. The van der Waals surface area contributed by atoms with Crippen molar-refractivity contribution in [3.8, 4) is 23.0 Å². The van der Waals surface area contributed by atoms with Crippen molar-refractivity contribution in [1.82, 2.24) is 5.43 Å². The number of amides is 2. The van der Waals surface area contributed by atoms with Crippen molar-refractivity contribution in [1.29, 1.82) is 0 Å². The average Bonchev–Trinajstić information content (AvgIpc) is 3.61. The number of ether oxygens (including phenoxy) is 4. The zero-order valence-electron chi connectivity index (χ0n) is 40.5. The summed E-state index contributed by atoms with van der Waals surface area (Å²) < 4.78 is 23.6. The quantitative estimate of drug-likeness (QED) is 0.0322. The number of anilines is 1. The average molecular weight is 964 g/mol. The van der Waals surface area contributed by atoms with Gasteiger partial charge in [0.2, 0.25) is 0 Å². The van der Waals surface area contributed by atoms with E-state index in [2.05, 4.69) is 15.8 Å². The van der Waals surface area contributed by atoms with Gasteiger partial charge in [-0.25, -0.2) is 5.43 Å². The molecular formula is C53H61N3O14. The summed E-state index contributed by atoms with van der Waals surface area (Å²) in [5.74, 6) is -10.3. The molecule has 4 aromatic carbocycles. The molecule has 0 radical (unpaired) electrons. The lowest BCUT2D eigenvalue weighted by atomic mass is 9.74. The number of aromatic hydroxyl groups is 3. The number of ketones is 1. The zero-order chi connectivity index (χ0) is 51.4. The number of hydrogen-bond donors (Lipinski definition) is 8. The molecule has 0 saturated carbocycles. The van der Waals surface area contributed by atoms with Crippen LogP contribution in [0.5, 0.6) is 23.0 Å². The minimum Gasteiger partial charge on any atom is -0.507 e. The highest BCUT2D eigenvalue weighted by molar-refractivity contribution is 6.24. The molecule has 3 aliphatic heterocycles. The number of phenolic OH excluding ortho intramolecular Hbond substituents is 3. The Kier molecular flexibility index (Phi) is 15.9. The van der Waals surface area contributed by atoms with Crippen LogP contribution in [0.2, 0.25) is 0 Å². The molecule has 0 unspecified atom stereocenters. The first kappa shape index (κ1) is 52.3. The van der Waals surface area contributed by atoms with Gasteiger partial charge in [-0.05, 0) is 31.1 Å². The number of esters is 1. The van der Waals surface area contributed by atoms with Crippen LogP contribution in [0.15, 0.2) is 102 Å². The number of Topliss-reactive ketones (excluding diaryl/α,β-unsaturated/α-hetero) is 1. The van der Waals surface area contributed by atoms with E-state index in [0.29, 0.717) is 11.1 Å². The van der Waals surface area contributed by atoms with Crippen LogP contribution >= 0.6 is 0 Å². The second kappa shape index (κ2) is 21.3. The topological polar surface area (TPSA) is 263 Å². The smallest absolute Gasteiger partial charge is 0.312 e. The Hall–Kier alpha value is -7.05. The number of rotatable bonds is 8. The molecule has 0 saturated heterocycles. The van der Waals surface area contributed by atoms with E-state index in [1.165, 1.54) is 53.0 Å². The van der Waals surface area contributed by atoms with Crippen LogP contribution in [-0.2, 0) is 34.0 Å². The fraction of sp³-hybridized carbons (Fsp3) is 0.377. The first-order chi connectivity index (χ1) is 33.2. The number of phenols is 3. The van der Waals surface area contributed by atoms with Gasteiger partial charge >= 0.3 is 11.8 Å². The van der Waals surface area contributed by atoms with Gasteiger partial charge in [-0.1, -0.05) is 107 Å². The van der Waals surface area contributed by atoms with Crippen molar-refractivity contribution < 1.29 is 68.8 Å². The second-order valence-corrected chi connectivity index (χ2v) is 18.1. The molecule has 9 atom stereocenters. The first-order valence-electron chi connectivity index (χ1n) is 22.8. The van der Waals surface area contributed by atoms with Gasteiger partial charge in [0, 0.05) is 61.2 Å². The molecular weight excluding hydrogens is 903 g/mol. The highest BCUT2D eigenvalue weighted by atomic mass is 16.7. The third-order valence-corrected chi connectivity index (χ3v) is 13.6. The van der Waals surface area contributed by atoms with Crippen molar-refractivity contribution >= 4 is 46.2 Å². The maximum atomic E-state index is 14.6. The standard InChI is InChI=1S/C53H61N3O14/c1-27-17-16-18-28(2)50(65)55-41-36(25-54-56-51(66)53(26-57,34-19-12-10-13-20-34)35-21-14-11-15-22-35)45(62)38-39(46(41)63)44(61)32(6)48-40(38)49(64)52(8,70-48)68-24-23-37(67-9)29(3)47(69-33(7)58)31(5)43(60)30(4)42(27)59/h10-25,27,29-31,37,42-43,47,57,59-63H,26H2,1-9H3,(H,55,65)(H,56,66)/t27-,29+,30-,31-,37+,42-,43-,47+,52-/m0/s1. The molecule has 3 aliphatic rings. The van der Waals surface area contributed by atoms with Gasteiger partial charge in [0.25, 0.3) is 17.6 Å². The number of methoxy groups -OCH3 is 1. The number of carbonyl (C=O) groups excluding carboxylic acids is 4. The highest BCUT2D eigenvalue weighted by Crippen LogP contribution is 2.55. The largest absolute Gasteiger partial charge is 0.507 e. The summed E-state index contributed by atoms with van der Waals surface area (Å²) in [6, 6.07) is 17.0. The SMILES string of the molecule is CO[C@@H]1C=CO[C@@]2(C)Oc3c(C)c(O)c4c(O)c(c(C=NNC(=O)C(CO)(c5ccccc5)c5ccccc5)c(O)c4c3C2=O)NC(=O)C(C)=CC=C[C@H](C)[C@H](O)[C@H](C)[C@H](O)[C@H](C)[C@H](OC(C)=O)[C@@H]1C. The van der Waals surface area contributed by atoms with E-state index in [1.54, 1.807) is 94.4 Å². The summed E-state index contributed by atoms with van der Waals surface area (Å²) in [7, 11) is 1.41. The van der Waals surface area contributed by atoms with Crippen molar-refractivity contribution in [3.05, 3.63) is 125 Å². The number of hydrogen-bond acceptors (Lipinski definition) is 15. The van der Waals surface area contributed by atoms with Gasteiger partial charge in [0.1, 0.15) is 28.8 Å². The molecule has 372 valence electrons. The summed E-state index contributed by atoms with van der Waals surface area (Å²) in [4.78, 5) is 55.4. The van der Waals surface area contributed by atoms with Gasteiger partial charge in [0.15, 0.2) is 5.75 Å². The molecule has 7 rings (SSSR count). The van der Waals surface area contributed by atoms with Gasteiger partial charge in [0.05, 0.1) is 59.6 Å². The molecule has 4 aromatic rings. The van der Waals surface area contributed by atoms with E-state index in [-0.39, 0.29) is 22.4 Å². The number of hydrazone groups is 1. The van der Waals surface area contributed by atoms with Crippen molar-refractivity contribution in [3.63, 3.8) is 0 Å². The number of carbonyl (C=O) groups is 4. The van der Waals surface area contributed by atoms with Gasteiger partial charge in [-0.15, -0.1) is 0 Å². The summed E-state index contributed by atoms with van der Waals surface area (Å²) in [5.41, 5.74) is 0.439. The highest BCUT2D eigenvalue weighted by Gasteiger charge is 2.50. The van der Waals surface area contributed by atoms with Crippen LogP contribution in [-0.4, -0.2) is 104 Å². The zero-order valence-corrected chi connectivity index (χ0v) is 40.5. The van der Waals surface area contributed by atoms with E-state index >= 15 is 0 Å². The van der Waals surface area contributed by atoms with Crippen molar-refractivity contribution in [2.45, 2.75) is 91.0 Å². The Balaban J connectivity index is 1.53. The normalized spacial score (nSPS) is 25.6. The Morgan fingerprint density at radius 1 is 0.871 bits per heavy atom. The molecule has 0 spiro atoms. The summed E-state index contributed by atoms with van der Waals surface area (Å²) in [5, 5.41) is 76.0. The van der Waals surface area contributed by atoms with E-state index in [0.717, 1.165) is 12.5 Å². The van der Waals surface area contributed by atoms with Crippen LogP contribution in [0.25, 0.3) is 10.8 Å². The van der Waals surface area contributed by atoms with E-state index < -0.39 is 129 Å². The van der Waals surface area contributed by atoms with Gasteiger partial charge < -0.3 is 54.9 Å². The lowest BCUT2D eigenvalue weighted by molar-refractivity contribution is -0.160. The van der Waals surface area contributed by atoms with Crippen LogP contribution in [0.4, 0.5) is 5.69 Å². The molecule has 3 heterocycles. The minimum absolute atomic E-state index is 0.0348. The Labute approximate surface area is 405 Å². The molecule has 2 amide bonds. The molecule has 5 bridgehead atoms. The van der Waals surface area contributed by atoms with Crippen LogP contribution in [0.3, 0.4) is 0 Å². The maximum absolute atomic E-state index is 14.6. The van der Waals surface area contributed by atoms with Crippen LogP contribution in [0.1, 0.15) is 81.1 Å². The third kappa shape index (κ3) is 9.74. The third-order valence-electron chi connectivity index (χ3n) is 13.6. The maximum Gasteiger partial charge on any atom is 0.312 e. The van der Waals surface area contributed by atoms with E-state index in [9.17, 15) is 49.8 Å². The molecule has 8 N–H and O–H groups in total. The number of benzene rings is 4. The Morgan fingerprint density at radius 2 is 1.49 bits per heavy atom. The molecule has 0 aromatic heterocycles. The molecule has 17 heteroatoms. The Bertz CT molecular complexity index is 2710. The fourth-order valence-electron chi connectivity index (χ4n) is 9.25. The van der Waals surface area contributed by atoms with Crippen LogP contribution < -0.4 is 15.5 Å². The van der Waals surface area contributed by atoms with Gasteiger partial charge in [-0.3, -0.25) is 19.2 Å². The number of nitrogens with zero attached hydrogens (tertiary/aromatic N) is 1. The summed E-state index contributed by atoms with van der Waals surface area (Å²) in [6.07, 6.45) is 4.00. The fourth-order valence-corrected chi connectivity index (χ4v) is 9.25. The van der Waals surface area contributed by atoms with Gasteiger partial charge in [-0.2, -0.15) is 5.10 Å². The predicted molar refractivity (Wildman–Crippen MR) is 260 cm³/mol. The number of allylic oxidation sites excluding steroid dienone is 2. The number of nitrogens with one attached hydrogen (secondary N) is 2.